The maximum atomic E-state index is 13.6. The van der Waals surface area contributed by atoms with Gasteiger partial charge in [0.15, 0.2) is 0 Å². The van der Waals surface area contributed by atoms with Gasteiger partial charge in [0.25, 0.3) is 0 Å². The first-order valence-corrected chi connectivity index (χ1v) is 25.7. The number of carbonyl (C=O) groups is 2. The van der Waals surface area contributed by atoms with Crippen molar-refractivity contribution < 1.29 is 28.5 Å². The molecule has 0 aromatic heterocycles. The molecule has 0 amide bonds. The van der Waals surface area contributed by atoms with E-state index in [2.05, 4.69) is 29.1 Å². The van der Waals surface area contributed by atoms with E-state index in [1.165, 1.54) is 122 Å². The fourth-order valence-corrected chi connectivity index (χ4v) is 7.74. The molecule has 0 saturated carbocycles. The van der Waals surface area contributed by atoms with Gasteiger partial charge in [0, 0.05) is 17.8 Å². The number of rotatable bonds is 34. The molecule has 0 atom stereocenters. The first kappa shape index (κ1) is 52.9. The number of carbonyl (C=O) groups excluding carboxylic acids is 2. The Balaban J connectivity index is 1.13. The minimum atomic E-state index is -0.572. The van der Waals surface area contributed by atoms with Crippen LogP contribution in [0.2, 0.25) is 0 Å². The molecule has 5 rings (SSSR count). The van der Waals surface area contributed by atoms with Crippen LogP contribution in [0.25, 0.3) is 0 Å². The summed E-state index contributed by atoms with van der Waals surface area (Å²) in [6.45, 7) is 5.79. The van der Waals surface area contributed by atoms with Crippen molar-refractivity contribution in [2.45, 2.75) is 155 Å². The summed E-state index contributed by atoms with van der Waals surface area (Å²) in [6, 6.07) is 35.6. The lowest BCUT2D eigenvalue weighted by molar-refractivity contribution is 0.0732. The zero-order valence-corrected chi connectivity index (χ0v) is 40.9. The number of ether oxygens (including phenoxy) is 4. The van der Waals surface area contributed by atoms with Crippen molar-refractivity contribution >= 4 is 35.2 Å². The third-order valence-corrected chi connectivity index (χ3v) is 11.9. The van der Waals surface area contributed by atoms with E-state index in [1.54, 1.807) is 66.9 Å². The Bertz CT molecular complexity index is 2210. The molecule has 0 unspecified atom stereocenters. The van der Waals surface area contributed by atoms with Crippen LogP contribution in [0.5, 0.6) is 23.0 Å². The molecule has 362 valence electrons. The quantitative estimate of drug-likeness (QED) is 0.0134. The van der Waals surface area contributed by atoms with E-state index >= 15 is 0 Å². The lowest BCUT2D eigenvalue weighted by Crippen LogP contribution is -2.11. The lowest BCUT2D eigenvalue weighted by Gasteiger charge is -2.11. The number of unbranched alkanes of at least 4 members (excludes halogenated alkanes) is 20. The van der Waals surface area contributed by atoms with Gasteiger partial charge in [-0.25, -0.2) is 9.59 Å². The van der Waals surface area contributed by atoms with Gasteiger partial charge in [0.1, 0.15) is 23.0 Å². The van der Waals surface area contributed by atoms with Gasteiger partial charge in [0.2, 0.25) is 0 Å². The monoisotopic (exact) mass is 922 g/mol. The topological polar surface area (TPSA) is 108 Å². The van der Waals surface area contributed by atoms with E-state index in [0.717, 1.165) is 31.4 Å². The van der Waals surface area contributed by atoms with Crippen molar-refractivity contribution in [3.63, 3.8) is 0 Å². The number of nitrogens with zero attached hydrogens (tertiary/aromatic N) is 3. The number of esters is 2. The molecule has 0 bridgehead atoms. The summed E-state index contributed by atoms with van der Waals surface area (Å²) in [5.74, 6) is 0.686. The van der Waals surface area contributed by atoms with E-state index in [9.17, 15) is 9.59 Å². The highest BCUT2D eigenvalue weighted by molar-refractivity contribution is 5.94. The van der Waals surface area contributed by atoms with Gasteiger partial charge in [-0.2, -0.15) is 10.2 Å². The summed E-state index contributed by atoms with van der Waals surface area (Å²) in [7, 11) is 0. The number of hydrogen-bond acceptors (Lipinski definition) is 9. The Labute approximate surface area is 406 Å². The summed E-state index contributed by atoms with van der Waals surface area (Å²) < 4.78 is 23.7. The van der Waals surface area contributed by atoms with Crippen LogP contribution >= 0.6 is 0 Å². The second-order valence-corrected chi connectivity index (χ2v) is 17.6. The minimum Gasteiger partial charge on any atom is -0.494 e. The summed E-state index contributed by atoms with van der Waals surface area (Å²) in [6.07, 6.45) is 29.7. The Morgan fingerprint density at radius 1 is 0.412 bits per heavy atom. The molecule has 5 aromatic carbocycles. The maximum absolute atomic E-state index is 13.6. The molecule has 9 heteroatoms. The smallest absolute Gasteiger partial charge is 0.343 e. The average molecular weight is 922 g/mol. The highest BCUT2D eigenvalue weighted by Crippen LogP contribution is 2.28. The highest BCUT2D eigenvalue weighted by atomic mass is 16.5. The minimum absolute atomic E-state index is 0.181. The molecule has 0 aliphatic carbocycles. The van der Waals surface area contributed by atoms with Crippen LogP contribution in [-0.4, -0.2) is 31.4 Å². The molecule has 68 heavy (non-hydrogen) atoms. The van der Waals surface area contributed by atoms with Gasteiger partial charge in [0.05, 0.1) is 41.4 Å². The molecule has 0 saturated heterocycles. The lowest BCUT2D eigenvalue weighted by atomic mass is 10.1. The average Bonchev–Trinajstić information content (AvgIpc) is 3.37. The number of aliphatic imine (C=N–C) groups is 1. The second-order valence-electron chi connectivity index (χ2n) is 17.6. The third kappa shape index (κ3) is 21.3. The van der Waals surface area contributed by atoms with Gasteiger partial charge in [-0.1, -0.05) is 160 Å². The summed E-state index contributed by atoms with van der Waals surface area (Å²) >= 11 is 0. The molecular weight excluding hydrogens is 847 g/mol. The Morgan fingerprint density at radius 2 is 0.809 bits per heavy atom. The zero-order chi connectivity index (χ0) is 47.7. The highest BCUT2D eigenvalue weighted by Gasteiger charge is 2.16. The normalized spacial score (nSPS) is 11.3. The van der Waals surface area contributed by atoms with Gasteiger partial charge in [-0.05, 0) is 110 Å². The van der Waals surface area contributed by atoms with E-state index in [-0.39, 0.29) is 11.5 Å². The van der Waals surface area contributed by atoms with E-state index in [1.807, 2.05) is 54.6 Å². The van der Waals surface area contributed by atoms with Crippen LogP contribution in [-0.2, 0) is 0 Å². The van der Waals surface area contributed by atoms with Crippen LogP contribution in [0.3, 0.4) is 0 Å². The predicted molar refractivity (Wildman–Crippen MR) is 277 cm³/mol. The Kier molecular flexibility index (Phi) is 25.3. The predicted octanol–water partition coefficient (Wildman–Crippen LogP) is 17.7. The van der Waals surface area contributed by atoms with Crippen LogP contribution in [0.4, 0.5) is 17.1 Å². The van der Waals surface area contributed by atoms with Gasteiger partial charge < -0.3 is 18.9 Å². The van der Waals surface area contributed by atoms with Crippen LogP contribution in [0.15, 0.2) is 137 Å². The number of hydrogen-bond donors (Lipinski definition) is 0. The van der Waals surface area contributed by atoms with Crippen LogP contribution in [0, 0.1) is 0 Å². The Morgan fingerprint density at radius 3 is 1.28 bits per heavy atom. The zero-order valence-electron chi connectivity index (χ0n) is 40.9. The Hall–Kier alpha value is -6.09. The molecule has 0 fully saturated rings. The van der Waals surface area contributed by atoms with E-state index in [0.29, 0.717) is 52.8 Å². The van der Waals surface area contributed by atoms with Crippen molar-refractivity contribution in [2.75, 3.05) is 13.2 Å². The van der Waals surface area contributed by atoms with Crippen LogP contribution < -0.4 is 18.9 Å². The number of azo groups is 1. The molecule has 0 spiro atoms. The number of benzene rings is 5. The molecule has 0 aliphatic rings. The third-order valence-electron chi connectivity index (χ3n) is 11.9. The van der Waals surface area contributed by atoms with Crippen molar-refractivity contribution in [2.24, 2.45) is 15.2 Å². The van der Waals surface area contributed by atoms with Crippen molar-refractivity contribution in [3.05, 3.63) is 138 Å². The van der Waals surface area contributed by atoms with E-state index < -0.39 is 11.9 Å². The molecule has 9 nitrogen and oxygen atoms in total. The first-order valence-electron chi connectivity index (χ1n) is 25.7. The summed E-state index contributed by atoms with van der Waals surface area (Å²) in [5, 5.41) is 8.59. The summed E-state index contributed by atoms with van der Waals surface area (Å²) in [4.78, 5) is 31.5. The molecule has 0 radical (unpaired) electrons. The fourth-order valence-electron chi connectivity index (χ4n) is 7.74. The maximum Gasteiger partial charge on any atom is 0.343 e. The molecule has 5 aromatic rings. The van der Waals surface area contributed by atoms with Crippen LogP contribution in [0.1, 0.15) is 181 Å². The first-order chi connectivity index (χ1) is 33.5. The second kappa shape index (κ2) is 32.6. The standard InChI is InChI=1S/C59H75N3O6/c1-3-5-7-9-11-13-15-17-19-21-26-44-65-54-39-30-48(31-40-54)58(63)67-56-43-34-50(47-60-51-35-37-53(38-36-51)62-61-52-28-24-23-25-29-52)57(46-56)68-59(64)49-32-41-55(42-33-49)66-45-27-22-20-18-16-14-12-10-8-6-4-2/h23-25,28-43,46-47H,3-22,26-27,44-45H2,1-2H3. The summed E-state index contributed by atoms with van der Waals surface area (Å²) in [5.41, 5.74) is 3.33. The molecule has 0 heterocycles. The van der Waals surface area contributed by atoms with Crippen molar-refractivity contribution in [3.8, 4) is 23.0 Å². The van der Waals surface area contributed by atoms with Gasteiger partial charge in [-0.15, -0.1) is 0 Å². The van der Waals surface area contributed by atoms with Crippen molar-refractivity contribution in [1.82, 2.24) is 0 Å². The SMILES string of the molecule is CCCCCCCCCCCCCOc1ccc(C(=O)Oc2ccc(C=Nc3ccc(N=Nc4ccccc4)cc3)c(OC(=O)c3ccc(OCCCCCCCCCCCCC)cc3)c2)cc1. The van der Waals surface area contributed by atoms with Gasteiger partial charge >= 0.3 is 11.9 Å². The fraction of sp³-hybridized carbons (Fsp3) is 0.441. The molecule has 0 N–H and O–H groups in total. The van der Waals surface area contributed by atoms with E-state index in [4.69, 9.17) is 18.9 Å². The van der Waals surface area contributed by atoms with Gasteiger partial charge in [-0.3, -0.25) is 4.99 Å². The van der Waals surface area contributed by atoms with Crippen molar-refractivity contribution in [1.29, 1.82) is 0 Å². The largest absolute Gasteiger partial charge is 0.494 e. The molecule has 0 aliphatic heterocycles. The molecular formula is C59H75N3O6.